The molecule has 0 bridgehead atoms. The largest absolute Gasteiger partial charge is 0.387 e. The van der Waals surface area contributed by atoms with Crippen LogP contribution in [0.15, 0.2) is 47.0 Å². The lowest BCUT2D eigenvalue weighted by molar-refractivity contribution is 0.173. The highest BCUT2D eigenvalue weighted by Crippen LogP contribution is 2.19. The highest BCUT2D eigenvalue weighted by Gasteiger charge is 2.11. The molecule has 1 atom stereocenters. The van der Waals surface area contributed by atoms with Gasteiger partial charge in [-0.1, -0.05) is 41.6 Å². The van der Waals surface area contributed by atoms with Gasteiger partial charge in [-0.25, -0.2) is 4.79 Å². The molecule has 0 radical (unpaired) electrons. The van der Waals surface area contributed by atoms with Gasteiger partial charge < -0.3 is 20.3 Å². The molecule has 7 nitrogen and oxygen atoms in total. The van der Waals surface area contributed by atoms with Gasteiger partial charge in [-0.2, -0.15) is 4.98 Å². The first-order valence-corrected chi connectivity index (χ1v) is 7.59. The van der Waals surface area contributed by atoms with Crippen molar-refractivity contribution in [1.29, 1.82) is 0 Å². The van der Waals surface area contributed by atoms with Crippen LogP contribution >= 0.6 is 0 Å². The van der Waals surface area contributed by atoms with Gasteiger partial charge in [0.2, 0.25) is 5.89 Å². The number of aromatic nitrogens is 2. The minimum Gasteiger partial charge on any atom is -0.387 e. The third-order valence-electron chi connectivity index (χ3n) is 3.59. The van der Waals surface area contributed by atoms with Crippen molar-refractivity contribution < 1.29 is 14.4 Å². The second-order valence-electron chi connectivity index (χ2n) is 5.42. The molecule has 0 aliphatic heterocycles. The summed E-state index contributed by atoms with van der Waals surface area (Å²) in [6, 6.07) is 13.2. The number of carbonyl (C=O) groups is 1. The Balaban J connectivity index is 1.52. The molecule has 1 aromatic heterocycles. The molecule has 0 aliphatic carbocycles. The Labute approximate surface area is 138 Å². The Morgan fingerprint density at radius 1 is 1.21 bits per heavy atom. The van der Waals surface area contributed by atoms with Crippen LogP contribution in [0.5, 0.6) is 0 Å². The topological polar surface area (TPSA) is 100 Å². The second kappa shape index (κ2) is 7.10. The third kappa shape index (κ3) is 3.88. The van der Waals surface area contributed by atoms with Crippen LogP contribution in [0, 0.1) is 6.92 Å². The first-order chi connectivity index (χ1) is 11.6. The third-order valence-corrected chi connectivity index (χ3v) is 3.59. The number of fused-ring (bicyclic) bond motifs is 1. The van der Waals surface area contributed by atoms with E-state index in [-0.39, 0.29) is 13.1 Å². The van der Waals surface area contributed by atoms with Crippen molar-refractivity contribution in [2.45, 2.75) is 19.6 Å². The fourth-order valence-electron chi connectivity index (χ4n) is 2.36. The Kier molecular flexibility index (Phi) is 4.72. The maximum atomic E-state index is 11.8. The zero-order valence-corrected chi connectivity index (χ0v) is 13.2. The van der Waals surface area contributed by atoms with Gasteiger partial charge >= 0.3 is 6.03 Å². The van der Waals surface area contributed by atoms with Gasteiger partial charge in [0.05, 0.1) is 12.6 Å². The Morgan fingerprint density at radius 2 is 2.00 bits per heavy atom. The van der Waals surface area contributed by atoms with E-state index in [1.165, 1.54) is 0 Å². The maximum absolute atomic E-state index is 11.8. The van der Waals surface area contributed by atoms with Gasteiger partial charge in [0.15, 0.2) is 5.82 Å². The predicted molar refractivity (Wildman–Crippen MR) is 88.2 cm³/mol. The maximum Gasteiger partial charge on any atom is 0.315 e. The van der Waals surface area contributed by atoms with E-state index >= 15 is 0 Å². The summed E-state index contributed by atoms with van der Waals surface area (Å²) < 4.78 is 4.82. The molecule has 1 unspecified atom stereocenters. The van der Waals surface area contributed by atoms with Crippen molar-refractivity contribution in [1.82, 2.24) is 20.8 Å². The lowest BCUT2D eigenvalue weighted by Gasteiger charge is -2.13. The number of hydrogen-bond donors (Lipinski definition) is 3. The van der Waals surface area contributed by atoms with E-state index in [2.05, 4.69) is 20.8 Å². The van der Waals surface area contributed by atoms with Gasteiger partial charge in [0, 0.05) is 13.5 Å². The fraction of sp³-hybridized carbons (Fsp3) is 0.235. The molecule has 124 valence electrons. The lowest BCUT2D eigenvalue weighted by atomic mass is 10.0. The van der Waals surface area contributed by atoms with Gasteiger partial charge in [-0.15, -0.1) is 0 Å². The molecule has 3 aromatic rings. The van der Waals surface area contributed by atoms with Crippen LogP contribution in [-0.2, 0) is 6.54 Å². The van der Waals surface area contributed by atoms with E-state index in [0.29, 0.717) is 11.7 Å². The number of hydrogen-bond acceptors (Lipinski definition) is 5. The highest BCUT2D eigenvalue weighted by atomic mass is 16.5. The number of nitrogens with zero attached hydrogens (tertiary/aromatic N) is 2. The summed E-state index contributed by atoms with van der Waals surface area (Å²) in [6.45, 7) is 1.95. The quantitative estimate of drug-likeness (QED) is 0.666. The van der Waals surface area contributed by atoms with Crippen LogP contribution in [0.3, 0.4) is 0 Å². The zero-order chi connectivity index (χ0) is 16.9. The number of carbonyl (C=O) groups excluding carboxylic acids is 1. The Morgan fingerprint density at radius 3 is 2.75 bits per heavy atom. The first kappa shape index (κ1) is 15.9. The number of benzene rings is 2. The van der Waals surface area contributed by atoms with Crippen molar-refractivity contribution in [2.75, 3.05) is 6.54 Å². The molecule has 2 aromatic carbocycles. The molecule has 2 amide bonds. The monoisotopic (exact) mass is 326 g/mol. The summed E-state index contributed by atoms with van der Waals surface area (Å²) in [5.41, 5.74) is 0.753. The van der Waals surface area contributed by atoms with Gasteiger partial charge in [-0.3, -0.25) is 0 Å². The van der Waals surface area contributed by atoms with E-state index in [4.69, 9.17) is 4.52 Å². The van der Waals surface area contributed by atoms with E-state index in [0.717, 1.165) is 16.3 Å². The van der Waals surface area contributed by atoms with Crippen LogP contribution in [0.1, 0.15) is 23.4 Å². The average molecular weight is 326 g/mol. The van der Waals surface area contributed by atoms with Crippen molar-refractivity contribution in [3.8, 4) is 0 Å². The molecule has 0 spiro atoms. The highest BCUT2D eigenvalue weighted by molar-refractivity contribution is 5.83. The molecule has 24 heavy (non-hydrogen) atoms. The van der Waals surface area contributed by atoms with Gasteiger partial charge in [-0.05, 0) is 22.4 Å². The standard InChI is InChI=1S/C17H18N4O3/c1-11-20-16(21-24-11)10-19-17(23)18-9-15(22)14-7-6-12-4-2-3-5-13(12)8-14/h2-8,15,22H,9-10H2,1H3,(H2,18,19,23). The summed E-state index contributed by atoms with van der Waals surface area (Å²) in [7, 11) is 0. The zero-order valence-electron chi connectivity index (χ0n) is 13.2. The summed E-state index contributed by atoms with van der Waals surface area (Å²) in [5.74, 6) is 0.844. The number of rotatable bonds is 5. The number of urea groups is 1. The summed E-state index contributed by atoms with van der Waals surface area (Å²) in [5, 5.41) is 21.3. The van der Waals surface area contributed by atoms with Crippen LogP contribution in [0.2, 0.25) is 0 Å². The number of aliphatic hydroxyl groups excluding tert-OH is 1. The molecule has 0 fully saturated rings. The number of nitrogens with one attached hydrogen (secondary N) is 2. The SMILES string of the molecule is Cc1nc(CNC(=O)NCC(O)c2ccc3ccccc3c2)no1. The number of amides is 2. The molecule has 3 N–H and O–H groups in total. The van der Waals surface area contributed by atoms with Crippen LogP contribution < -0.4 is 10.6 Å². The summed E-state index contributed by atoms with van der Waals surface area (Å²) in [6.07, 6.45) is -0.784. The fourth-order valence-corrected chi connectivity index (χ4v) is 2.36. The van der Waals surface area contributed by atoms with Crippen LogP contribution in [-0.4, -0.2) is 27.8 Å². The van der Waals surface area contributed by atoms with E-state index < -0.39 is 12.1 Å². The normalized spacial score (nSPS) is 12.1. The average Bonchev–Trinajstić information content (AvgIpc) is 3.02. The molecule has 3 rings (SSSR count). The van der Waals surface area contributed by atoms with Crippen LogP contribution in [0.4, 0.5) is 4.79 Å². The molecule has 0 saturated heterocycles. The second-order valence-corrected chi connectivity index (χ2v) is 5.42. The minimum atomic E-state index is -0.784. The minimum absolute atomic E-state index is 0.107. The van der Waals surface area contributed by atoms with Crippen molar-refractivity contribution in [2.24, 2.45) is 0 Å². The first-order valence-electron chi connectivity index (χ1n) is 7.59. The lowest BCUT2D eigenvalue weighted by Crippen LogP contribution is -2.37. The Bertz CT molecular complexity index is 846. The summed E-state index contributed by atoms with van der Waals surface area (Å²) in [4.78, 5) is 15.7. The molecule has 7 heteroatoms. The molecule has 1 heterocycles. The van der Waals surface area contributed by atoms with Crippen molar-refractivity contribution in [3.63, 3.8) is 0 Å². The molecule has 0 aliphatic rings. The number of aryl methyl sites for hydroxylation is 1. The molecule has 0 saturated carbocycles. The Hall–Kier alpha value is -2.93. The van der Waals surface area contributed by atoms with Crippen molar-refractivity contribution >= 4 is 16.8 Å². The molecular formula is C17H18N4O3. The van der Waals surface area contributed by atoms with Crippen molar-refractivity contribution in [3.05, 3.63) is 59.7 Å². The predicted octanol–water partition coefficient (Wildman–Crippen LogP) is 2.06. The van der Waals surface area contributed by atoms with E-state index in [1.807, 2.05) is 42.5 Å². The van der Waals surface area contributed by atoms with E-state index in [9.17, 15) is 9.90 Å². The van der Waals surface area contributed by atoms with Gasteiger partial charge in [0.1, 0.15) is 0 Å². The summed E-state index contributed by atoms with van der Waals surface area (Å²) >= 11 is 0. The van der Waals surface area contributed by atoms with Gasteiger partial charge in [0.25, 0.3) is 0 Å². The van der Waals surface area contributed by atoms with E-state index in [1.54, 1.807) is 6.92 Å². The van der Waals surface area contributed by atoms with Crippen LogP contribution in [0.25, 0.3) is 10.8 Å². The number of aliphatic hydroxyl groups is 1. The smallest absolute Gasteiger partial charge is 0.315 e. The molecular weight excluding hydrogens is 308 g/mol.